The molecule has 1 aliphatic heterocycles. The number of fused-ring (bicyclic) bond motifs is 1. The highest BCUT2D eigenvalue weighted by atomic mass is 16.4. The van der Waals surface area contributed by atoms with Crippen LogP contribution in [0.25, 0.3) is 28.0 Å². The van der Waals surface area contributed by atoms with Crippen LogP contribution in [0.3, 0.4) is 0 Å². The van der Waals surface area contributed by atoms with Crippen LogP contribution in [0.4, 0.5) is 6.01 Å². The van der Waals surface area contributed by atoms with Gasteiger partial charge in [-0.05, 0) is 37.1 Å². The van der Waals surface area contributed by atoms with Crippen molar-refractivity contribution in [2.45, 2.75) is 19.4 Å². The van der Waals surface area contributed by atoms with E-state index in [0.29, 0.717) is 12.6 Å². The molecule has 3 heterocycles. The van der Waals surface area contributed by atoms with Gasteiger partial charge in [-0.2, -0.15) is 10.1 Å². The first-order valence-corrected chi connectivity index (χ1v) is 12.7. The lowest BCUT2D eigenvalue weighted by Crippen LogP contribution is -2.41. The molecule has 186 valence electrons. The van der Waals surface area contributed by atoms with Crippen LogP contribution in [0, 0.1) is 5.92 Å². The molecule has 6 rings (SSSR count). The lowest BCUT2D eigenvalue weighted by molar-refractivity contribution is -0.135. The number of rotatable bonds is 6. The zero-order valence-corrected chi connectivity index (χ0v) is 20.8. The van der Waals surface area contributed by atoms with E-state index < -0.39 is 0 Å². The summed E-state index contributed by atoms with van der Waals surface area (Å²) in [6, 6.07) is 28.6. The maximum Gasteiger partial charge on any atom is 0.298 e. The minimum absolute atomic E-state index is 0.0185. The van der Waals surface area contributed by atoms with Gasteiger partial charge >= 0.3 is 0 Å². The molecule has 0 unspecified atom stereocenters. The first-order chi connectivity index (χ1) is 18.2. The number of hydrogen-bond acceptors (Lipinski definition) is 5. The molecule has 1 amide bonds. The van der Waals surface area contributed by atoms with E-state index in [1.807, 2.05) is 95.6 Å². The highest BCUT2D eigenvalue weighted by Gasteiger charge is 2.29. The average molecular weight is 492 g/mol. The second kappa shape index (κ2) is 9.93. The van der Waals surface area contributed by atoms with Crippen molar-refractivity contribution in [2.75, 3.05) is 25.0 Å². The summed E-state index contributed by atoms with van der Waals surface area (Å²) in [6.07, 6.45) is 3.59. The van der Waals surface area contributed by atoms with Gasteiger partial charge < -0.3 is 14.2 Å². The smallest absolute Gasteiger partial charge is 0.298 e. The quantitative estimate of drug-likeness (QED) is 0.311. The summed E-state index contributed by atoms with van der Waals surface area (Å²) in [5, 5.41) is 4.89. The molecule has 1 fully saturated rings. The lowest BCUT2D eigenvalue weighted by atomic mass is 9.95. The van der Waals surface area contributed by atoms with Crippen molar-refractivity contribution in [3.05, 3.63) is 96.7 Å². The van der Waals surface area contributed by atoms with Gasteiger partial charge in [0.1, 0.15) is 5.52 Å². The predicted octanol–water partition coefficient (Wildman–Crippen LogP) is 5.56. The fourth-order valence-electron chi connectivity index (χ4n) is 5.04. The minimum Gasteiger partial charge on any atom is -0.423 e. The molecular weight excluding hydrogens is 462 g/mol. The van der Waals surface area contributed by atoms with Crippen molar-refractivity contribution in [3.8, 4) is 16.9 Å². The predicted molar refractivity (Wildman–Crippen MR) is 144 cm³/mol. The number of aromatic nitrogens is 3. The van der Waals surface area contributed by atoms with Crippen LogP contribution in [0.15, 0.2) is 95.5 Å². The maximum atomic E-state index is 13.5. The summed E-state index contributed by atoms with van der Waals surface area (Å²) in [5.74, 6) is 0.152. The van der Waals surface area contributed by atoms with E-state index in [0.717, 1.165) is 59.5 Å². The fourth-order valence-corrected chi connectivity index (χ4v) is 5.04. The van der Waals surface area contributed by atoms with Crippen molar-refractivity contribution in [1.29, 1.82) is 0 Å². The molecule has 0 bridgehead atoms. The van der Waals surface area contributed by atoms with Gasteiger partial charge in [0.15, 0.2) is 5.58 Å². The van der Waals surface area contributed by atoms with Gasteiger partial charge in [0.2, 0.25) is 5.91 Å². The normalized spacial score (nSPS) is 14.2. The van der Waals surface area contributed by atoms with E-state index in [2.05, 4.69) is 22.0 Å². The van der Waals surface area contributed by atoms with Crippen LogP contribution in [-0.2, 0) is 11.3 Å². The Labute approximate surface area is 216 Å². The van der Waals surface area contributed by atoms with Crippen molar-refractivity contribution in [2.24, 2.45) is 5.92 Å². The maximum absolute atomic E-state index is 13.5. The Morgan fingerprint density at radius 3 is 2.35 bits per heavy atom. The van der Waals surface area contributed by atoms with Gasteiger partial charge in [0.05, 0.1) is 11.4 Å². The summed E-state index contributed by atoms with van der Waals surface area (Å²) >= 11 is 0. The molecule has 5 aromatic rings. The van der Waals surface area contributed by atoms with E-state index in [1.54, 1.807) is 0 Å². The summed E-state index contributed by atoms with van der Waals surface area (Å²) < 4.78 is 7.83. The number of oxazole rings is 1. The summed E-state index contributed by atoms with van der Waals surface area (Å²) in [6.45, 7) is 2.00. The van der Waals surface area contributed by atoms with E-state index in [1.165, 1.54) is 0 Å². The Morgan fingerprint density at radius 2 is 1.62 bits per heavy atom. The number of anilines is 1. The SMILES string of the molecule is CN(Cc1cn(-c2ccccc2)nc1-c1ccccc1)C(=O)C1CCN(c2nc3ccccc3o2)CC1. The van der Waals surface area contributed by atoms with E-state index in [-0.39, 0.29) is 11.8 Å². The topological polar surface area (TPSA) is 67.4 Å². The second-order valence-corrected chi connectivity index (χ2v) is 9.57. The number of piperidine rings is 1. The van der Waals surface area contributed by atoms with Crippen molar-refractivity contribution >= 4 is 23.0 Å². The third kappa shape index (κ3) is 4.72. The molecule has 0 saturated carbocycles. The van der Waals surface area contributed by atoms with Crippen molar-refractivity contribution in [3.63, 3.8) is 0 Å². The van der Waals surface area contributed by atoms with E-state index >= 15 is 0 Å². The van der Waals surface area contributed by atoms with Crippen LogP contribution in [-0.4, -0.2) is 45.7 Å². The molecule has 1 aliphatic rings. The average Bonchev–Trinajstić information content (AvgIpc) is 3.58. The molecule has 2 aromatic heterocycles. The highest BCUT2D eigenvalue weighted by molar-refractivity contribution is 5.79. The highest BCUT2D eigenvalue weighted by Crippen LogP contribution is 2.29. The number of para-hydroxylation sites is 3. The first kappa shape index (κ1) is 23.0. The molecule has 7 nitrogen and oxygen atoms in total. The molecule has 0 atom stereocenters. The number of hydrogen-bond donors (Lipinski definition) is 0. The Bertz CT molecular complexity index is 1470. The van der Waals surface area contributed by atoms with Gasteiger partial charge in [-0.15, -0.1) is 0 Å². The van der Waals surface area contributed by atoms with E-state index in [4.69, 9.17) is 9.52 Å². The molecule has 0 spiro atoms. The molecule has 0 aliphatic carbocycles. The molecule has 37 heavy (non-hydrogen) atoms. The zero-order valence-electron chi connectivity index (χ0n) is 20.8. The van der Waals surface area contributed by atoms with Crippen LogP contribution in [0.2, 0.25) is 0 Å². The van der Waals surface area contributed by atoms with Gasteiger partial charge in [-0.3, -0.25) is 4.79 Å². The Kier molecular flexibility index (Phi) is 6.18. The minimum atomic E-state index is -0.0185. The third-order valence-corrected chi connectivity index (χ3v) is 7.04. The van der Waals surface area contributed by atoms with Crippen molar-refractivity contribution < 1.29 is 9.21 Å². The number of carbonyl (C=O) groups excluding carboxylic acids is 1. The van der Waals surface area contributed by atoms with Crippen LogP contribution in [0.5, 0.6) is 0 Å². The molecular formula is C30H29N5O2. The summed E-state index contributed by atoms with van der Waals surface area (Å²) in [5.41, 5.74) is 5.61. The van der Waals surface area contributed by atoms with Crippen LogP contribution >= 0.6 is 0 Å². The monoisotopic (exact) mass is 491 g/mol. The molecule has 3 aromatic carbocycles. The summed E-state index contributed by atoms with van der Waals surface area (Å²) in [7, 11) is 1.89. The number of carbonyl (C=O) groups is 1. The number of amides is 1. The summed E-state index contributed by atoms with van der Waals surface area (Å²) in [4.78, 5) is 22.1. The fraction of sp³-hybridized carbons (Fsp3) is 0.233. The molecule has 1 saturated heterocycles. The molecule has 0 radical (unpaired) electrons. The zero-order chi connectivity index (χ0) is 25.2. The first-order valence-electron chi connectivity index (χ1n) is 12.7. The van der Waals surface area contributed by atoms with Gasteiger partial charge in [-0.25, -0.2) is 4.68 Å². The van der Waals surface area contributed by atoms with Crippen LogP contribution < -0.4 is 4.90 Å². The number of nitrogens with zero attached hydrogens (tertiary/aromatic N) is 5. The van der Waals surface area contributed by atoms with Gasteiger partial charge in [0, 0.05) is 49.9 Å². The number of benzene rings is 3. The lowest BCUT2D eigenvalue weighted by Gasteiger charge is -2.32. The Balaban J connectivity index is 1.16. The second-order valence-electron chi connectivity index (χ2n) is 9.57. The Morgan fingerprint density at radius 1 is 0.946 bits per heavy atom. The van der Waals surface area contributed by atoms with Crippen molar-refractivity contribution in [1.82, 2.24) is 19.7 Å². The largest absolute Gasteiger partial charge is 0.423 e. The van der Waals surface area contributed by atoms with E-state index in [9.17, 15) is 4.79 Å². The van der Waals surface area contributed by atoms with Crippen LogP contribution in [0.1, 0.15) is 18.4 Å². The molecule has 0 N–H and O–H groups in total. The van der Waals surface area contributed by atoms with Gasteiger partial charge in [-0.1, -0.05) is 60.7 Å². The standard InChI is InChI=1S/C30H29N5O2/c1-33(29(36)23-16-18-34(19-17-23)30-31-26-14-8-9-15-27(26)37-30)20-24-21-35(25-12-6-3-7-13-25)32-28(24)22-10-4-2-5-11-22/h2-15,21,23H,16-20H2,1H3. The van der Waals surface area contributed by atoms with Gasteiger partial charge in [0.25, 0.3) is 6.01 Å². The Hall–Kier alpha value is -4.39. The third-order valence-electron chi connectivity index (χ3n) is 7.04. The molecule has 7 heteroatoms.